The first-order valence-electron chi connectivity index (χ1n) is 5.20. The highest BCUT2D eigenvalue weighted by Gasteiger charge is 2.33. The summed E-state index contributed by atoms with van der Waals surface area (Å²) in [5, 5.41) is 0. The summed E-state index contributed by atoms with van der Waals surface area (Å²) in [4.78, 5) is 0. The summed E-state index contributed by atoms with van der Waals surface area (Å²) < 4.78 is 38.6. The van der Waals surface area contributed by atoms with Gasteiger partial charge in [0.2, 0.25) is 0 Å². The van der Waals surface area contributed by atoms with E-state index in [1.165, 1.54) is 12.1 Å². The van der Waals surface area contributed by atoms with E-state index in [0.717, 1.165) is 6.07 Å². The average Bonchev–Trinajstić information content (AvgIpc) is 2.28. The molecular formula is C13H11F3N2. The van der Waals surface area contributed by atoms with Crippen molar-refractivity contribution in [1.29, 1.82) is 0 Å². The van der Waals surface area contributed by atoms with Crippen LogP contribution in [0.15, 0.2) is 42.5 Å². The van der Waals surface area contributed by atoms with E-state index in [0.29, 0.717) is 11.3 Å². The quantitative estimate of drug-likeness (QED) is 0.763. The van der Waals surface area contributed by atoms with E-state index in [1.807, 2.05) is 0 Å². The monoisotopic (exact) mass is 252 g/mol. The van der Waals surface area contributed by atoms with Gasteiger partial charge in [-0.3, -0.25) is 0 Å². The second-order valence-electron chi connectivity index (χ2n) is 3.92. The summed E-state index contributed by atoms with van der Waals surface area (Å²) in [6, 6.07) is 9.73. The minimum atomic E-state index is -4.41. The Morgan fingerprint density at radius 2 is 1.33 bits per heavy atom. The molecule has 0 amide bonds. The molecule has 2 aromatic rings. The first-order valence-corrected chi connectivity index (χ1v) is 5.20. The Hall–Kier alpha value is -2.17. The predicted molar refractivity (Wildman–Crippen MR) is 65.7 cm³/mol. The van der Waals surface area contributed by atoms with Crippen molar-refractivity contribution < 1.29 is 13.2 Å². The third-order valence-electron chi connectivity index (χ3n) is 2.57. The Balaban J connectivity index is 2.62. The standard InChI is InChI=1S/C13H11F3N2/c14-13(15,16)12-6-5-10(18)7-11(12)8-1-3-9(17)4-2-8/h1-7H,17-18H2. The summed E-state index contributed by atoms with van der Waals surface area (Å²) in [6.07, 6.45) is -4.41. The fourth-order valence-corrected chi connectivity index (χ4v) is 1.71. The summed E-state index contributed by atoms with van der Waals surface area (Å²) in [5.41, 5.74) is 11.6. The highest BCUT2D eigenvalue weighted by atomic mass is 19.4. The van der Waals surface area contributed by atoms with Crippen molar-refractivity contribution in [1.82, 2.24) is 0 Å². The van der Waals surface area contributed by atoms with Crippen LogP contribution in [0.3, 0.4) is 0 Å². The van der Waals surface area contributed by atoms with Crippen LogP contribution in [0.4, 0.5) is 24.5 Å². The van der Waals surface area contributed by atoms with Gasteiger partial charge in [0.1, 0.15) is 0 Å². The molecule has 0 aliphatic heterocycles. The zero-order chi connectivity index (χ0) is 13.3. The molecule has 0 aliphatic carbocycles. The zero-order valence-electron chi connectivity index (χ0n) is 9.33. The molecule has 2 rings (SSSR count). The van der Waals surface area contributed by atoms with Gasteiger partial charge >= 0.3 is 6.18 Å². The molecule has 4 N–H and O–H groups in total. The summed E-state index contributed by atoms with van der Waals surface area (Å²) in [7, 11) is 0. The molecule has 0 aromatic heterocycles. The number of rotatable bonds is 1. The largest absolute Gasteiger partial charge is 0.417 e. The van der Waals surface area contributed by atoms with Crippen LogP contribution in [0.5, 0.6) is 0 Å². The molecule has 94 valence electrons. The Kier molecular flexibility index (Phi) is 2.90. The van der Waals surface area contributed by atoms with E-state index in [4.69, 9.17) is 11.5 Å². The number of nitrogens with two attached hydrogens (primary N) is 2. The number of hydrogen-bond acceptors (Lipinski definition) is 2. The van der Waals surface area contributed by atoms with Crippen LogP contribution >= 0.6 is 0 Å². The fraction of sp³-hybridized carbons (Fsp3) is 0.0769. The highest BCUT2D eigenvalue weighted by molar-refractivity contribution is 5.72. The van der Waals surface area contributed by atoms with E-state index in [1.54, 1.807) is 24.3 Å². The summed E-state index contributed by atoms with van der Waals surface area (Å²) >= 11 is 0. The predicted octanol–water partition coefficient (Wildman–Crippen LogP) is 3.54. The van der Waals surface area contributed by atoms with Crippen molar-refractivity contribution >= 4 is 11.4 Å². The zero-order valence-corrected chi connectivity index (χ0v) is 9.33. The maximum absolute atomic E-state index is 12.9. The molecule has 0 saturated carbocycles. The molecule has 0 saturated heterocycles. The molecule has 0 unspecified atom stereocenters. The molecule has 5 heteroatoms. The average molecular weight is 252 g/mol. The van der Waals surface area contributed by atoms with Gasteiger partial charge in [-0.2, -0.15) is 13.2 Å². The molecule has 0 aliphatic rings. The molecule has 0 fully saturated rings. The molecule has 0 heterocycles. The van der Waals surface area contributed by atoms with Crippen LogP contribution in [0, 0.1) is 0 Å². The van der Waals surface area contributed by atoms with Crippen LogP contribution < -0.4 is 11.5 Å². The maximum atomic E-state index is 12.9. The summed E-state index contributed by atoms with van der Waals surface area (Å²) in [6.45, 7) is 0. The van der Waals surface area contributed by atoms with Crippen LogP contribution in [0.1, 0.15) is 5.56 Å². The Morgan fingerprint density at radius 3 is 1.89 bits per heavy atom. The molecule has 0 atom stereocenters. The lowest BCUT2D eigenvalue weighted by Gasteiger charge is -2.13. The van der Waals surface area contributed by atoms with Crippen LogP contribution in [0.25, 0.3) is 11.1 Å². The normalized spacial score (nSPS) is 11.5. The minimum absolute atomic E-state index is 0.0579. The molecule has 0 bridgehead atoms. The van der Waals surface area contributed by atoms with Gasteiger partial charge in [0, 0.05) is 11.4 Å². The lowest BCUT2D eigenvalue weighted by atomic mass is 9.98. The van der Waals surface area contributed by atoms with Crippen molar-refractivity contribution in [3.8, 4) is 11.1 Å². The van der Waals surface area contributed by atoms with E-state index in [9.17, 15) is 13.2 Å². The van der Waals surface area contributed by atoms with Crippen molar-refractivity contribution in [3.05, 3.63) is 48.0 Å². The summed E-state index contributed by atoms with van der Waals surface area (Å²) in [5.74, 6) is 0. The molecular weight excluding hydrogens is 241 g/mol. The van der Waals surface area contributed by atoms with E-state index in [2.05, 4.69) is 0 Å². The van der Waals surface area contributed by atoms with Crippen LogP contribution in [-0.4, -0.2) is 0 Å². The molecule has 2 nitrogen and oxygen atoms in total. The number of anilines is 2. The van der Waals surface area contributed by atoms with Crippen LogP contribution in [-0.2, 0) is 6.18 Å². The Bertz CT molecular complexity index is 559. The van der Waals surface area contributed by atoms with Gasteiger partial charge in [-0.05, 0) is 41.5 Å². The minimum Gasteiger partial charge on any atom is -0.399 e. The van der Waals surface area contributed by atoms with Gasteiger partial charge in [-0.15, -0.1) is 0 Å². The van der Waals surface area contributed by atoms with Gasteiger partial charge in [0.15, 0.2) is 0 Å². The van der Waals surface area contributed by atoms with E-state index in [-0.39, 0.29) is 11.3 Å². The second-order valence-corrected chi connectivity index (χ2v) is 3.92. The number of nitrogen functional groups attached to an aromatic ring is 2. The Labute approximate surface area is 102 Å². The highest BCUT2D eigenvalue weighted by Crippen LogP contribution is 2.38. The van der Waals surface area contributed by atoms with Gasteiger partial charge in [-0.1, -0.05) is 12.1 Å². The lowest BCUT2D eigenvalue weighted by Crippen LogP contribution is -2.07. The maximum Gasteiger partial charge on any atom is 0.417 e. The number of benzene rings is 2. The van der Waals surface area contributed by atoms with E-state index >= 15 is 0 Å². The number of alkyl halides is 3. The third-order valence-corrected chi connectivity index (χ3v) is 2.57. The van der Waals surface area contributed by atoms with Gasteiger partial charge < -0.3 is 11.5 Å². The molecule has 2 aromatic carbocycles. The van der Waals surface area contributed by atoms with Crippen molar-refractivity contribution in [2.45, 2.75) is 6.18 Å². The topological polar surface area (TPSA) is 52.0 Å². The van der Waals surface area contributed by atoms with Crippen molar-refractivity contribution in [2.75, 3.05) is 11.5 Å². The first kappa shape index (κ1) is 12.3. The molecule has 0 spiro atoms. The Morgan fingerprint density at radius 1 is 0.778 bits per heavy atom. The molecule has 18 heavy (non-hydrogen) atoms. The first-order chi connectivity index (χ1) is 8.38. The van der Waals surface area contributed by atoms with Gasteiger partial charge in [-0.25, -0.2) is 0 Å². The second kappa shape index (κ2) is 4.25. The fourth-order valence-electron chi connectivity index (χ4n) is 1.71. The number of halogens is 3. The smallest absolute Gasteiger partial charge is 0.399 e. The van der Waals surface area contributed by atoms with Crippen molar-refractivity contribution in [2.24, 2.45) is 0 Å². The van der Waals surface area contributed by atoms with E-state index < -0.39 is 11.7 Å². The van der Waals surface area contributed by atoms with Gasteiger partial charge in [0.05, 0.1) is 5.56 Å². The number of hydrogen-bond donors (Lipinski definition) is 2. The SMILES string of the molecule is Nc1ccc(-c2cc(N)ccc2C(F)(F)F)cc1. The third kappa shape index (κ3) is 2.40. The van der Waals surface area contributed by atoms with Crippen molar-refractivity contribution in [3.63, 3.8) is 0 Å². The van der Waals surface area contributed by atoms with Crippen LogP contribution in [0.2, 0.25) is 0 Å². The molecule has 0 radical (unpaired) electrons. The van der Waals surface area contributed by atoms with Gasteiger partial charge in [0.25, 0.3) is 0 Å². The lowest BCUT2D eigenvalue weighted by molar-refractivity contribution is -0.137.